The molecule has 1 fully saturated rings. The van der Waals surface area contributed by atoms with Gasteiger partial charge in [-0.15, -0.1) is 0 Å². The summed E-state index contributed by atoms with van der Waals surface area (Å²) >= 11 is 0. The van der Waals surface area contributed by atoms with Gasteiger partial charge in [-0.05, 0) is 64.2 Å². The molecule has 2 rings (SSSR count). The highest BCUT2D eigenvalue weighted by Gasteiger charge is 2.34. The lowest BCUT2D eigenvalue weighted by atomic mass is 10.0. The molecule has 0 bridgehead atoms. The molecule has 1 aromatic carbocycles. The monoisotopic (exact) mass is 428 g/mol. The van der Waals surface area contributed by atoms with Crippen LogP contribution in [-0.2, 0) is 16.0 Å². The van der Waals surface area contributed by atoms with Gasteiger partial charge in [0.25, 0.3) is 0 Å². The van der Waals surface area contributed by atoms with Crippen molar-refractivity contribution >= 4 is 12.0 Å². The van der Waals surface area contributed by atoms with Crippen molar-refractivity contribution in [3.05, 3.63) is 23.8 Å². The van der Waals surface area contributed by atoms with Crippen molar-refractivity contribution in [3.8, 4) is 11.5 Å². The molecule has 1 unspecified atom stereocenters. The number of carbonyl (C=O) groups is 2. The average Bonchev–Trinajstić information content (AvgIpc) is 2.66. The zero-order chi connectivity index (χ0) is 22.3. The molecule has 168 valence electrons. The SMILES string of the molecule is COc1ccc(CCNC(=O)C2CCCCN2C(=O)OC(C)(C)C)cc1OC(F)F. The predicted octanol–water partition coefficient (Wildman–Crippen LogP) is 3.74. The van der Waals surface area contributed by atoms with E-state index in [1.165, 1.54) is 18.1 Å². The Morgan fingerprint density at radius 2 is 1.97 bits per heavy atom. The number of alkyl halides is 2. The lowest BCUT2D eigenvalue weighted by Gasteiger charge is -2.35. The Bertz CT molecular complexity index is 737. The molecule has 1 atom stereocenters. The lowest BCUT2D eigenvalue weighted by molar-refractivity contribution is -0.127. The maximum absolute atomic E-state index is 12.7. The number of nitrogens with one attached hydrogen (secondary N) is 1. The number of rotatable bonds is 7. The van der Waals surface area contributed by atoms with Crippen LogP contribution >= 0.6 is 0 Å². The molecular weight excluding hydrogens is 398 g/mol. The molecule has 0 aliphatic carbocycles. The Labute approximate surface area is 175 Å². The Balaban J connectivity index is 1.95. The summed E-state index contributed by atoms with van der Waals surface area (Å²) in [6.07, 6.45) is 2.16. The molecular formula is C21H30F2N2O5. The van der Waals surface area contributed by atoms with E-state index in [1.54, 1.807) is 32.9 Å². The van der Waals surface area contributed by atoms with Crippen molar-refractivity contribution in [2.75, 3.05) is 20.2 Å². The van der Waals surface area contributed by atoms with Crippen molar-refractivity contribution in [3.63, 3.8) is 0 Å². The number of ether oxygens (including phenoxy) is 3. The highest BCUT2D eigenvalue weighted by Crippen LogP contribution is 2.29. The van der Waals surface area contributed by atoms with Crippen LogP contribution < -0.4 is 14.8 Å². The molecule has 9 heteroatoms. The highest BCUT2D eigenvalue weighted by molar-refractivity contribution is 5.85. The number of nitrogens with zero attached hydrogens (tertiary/aromatic N) is 1. The summed E-state index contributed by atoms with van der Waals surface area (Å²) in [7, 11) is 1.37. The van der Waals surface area contributed by atoms with Crippen molar-refractivity contribution in [2.24, 2.45) is 0 Å². The minimum Gasteiger partial charge on any atom is -0.493 e. The standard InChI is InChI=1S/C21H30F2N2O5/c1-21(2,3)30-20(27)25-12-6-5-7-15(25)18(26)24-11-10-14-8-9-16(28-4)17(13-14)29-19(22)23/h8-9,13,15,19H,5-7,10-12H2,1-4H3,(H,24,26). The second-order valence-electron chi connectivity index (χ2n) is 8.09. The van der Waals surface area contributed by atoms with Gasteiger partial charge in [0.05, 0.1) is 7.11 Å². The number of hydrogen-bond acceptors (Lipinski definition) is 5. The van der Waals surface area contributed by atoms with Crippen LogP contribution in [0.15, 0.2) is 18.2 Å². The Hall–Kier alpha value is -2.58. The second kappa shape index (κ2) is 10.4. The largest absolute Gasteiger partial charge is 0.493 e. The summed E-state index contributed by atoms with van der Waals surface area (Å²) in [5, 5.41) is 2.83. The van der Waals surface area contributed by atoms with Crippen LogP contribution in [0.5, 0.6) is 11.5 Å². The quantitative estimate of drug-likeness (QED) is 0.716. The summed E-state index contributed by atoms with van der Waals surface area (Å²) in [4.78, 5) is 26.6. The van der Waals surface area contributed by atoms with Crippen LogP contribution in [-0.4, -0.2) is 55.4 Å². The average molecular weight is 428 g/mol. The van der Waals surface area contributed by atoms with E-state index in [0.717, 1.165) is 12.8 Å². The van der Waals surface area contributed by atoms with Crippen LogP contribution in [0, 0.1) is 0 Å². The molecule has 1 N–H and O–H groups in total. The van der Waals surface area contributed by atoms with Gasteiger partial charge in [0.2, 0.25) is 5.91 Å². The normalized spacial score (nSPS) is 16.9. The number of carbonyl (C=O) groups excluding carboxylic acids is 2. The molecule has 0 saturated carbocycles. The van der Waals surface area contributed by atoms with Gasteiger partial charge in [-0.2, -0.15) is 8.78 Å². The van der Waals surface area contributed by atoms with Gasteiger partial charge < -0.3 is 19.5 Å². The molecule has 1 aromatic rings. The molecule has 30 heavy (non-hydrogen) atoms. The molecule has 1 aliphatic heterocycles. The molecule has 2 amide bonds. The van der Waals surface area contributed by atoms with Crippen molar-refractivity contribution in [2.45, 2.75) is 64.7 Å². The summed E-state index contributed by atoms with van der Waals surface area (Å²) in [6.45, 7) is 3.15. The second-order valence-corrected chi connectivity index (χ2v) is 8.09. The number of halogens is 2. The molecule has 1 saturated heterocycles. The number of amides is 2. The minimum atomic E-state index is -2.96. The first-order valence-corrected chi connectivity index (χ1v) is 10.00. The molecule has 0 spiro atoms. The smallest absolute Gasteiger partial charge is 0.410 e. The number of hydrogen-bond donors (Lipinski definition) is 1. The van der Waals surface area contributed by atoms with Gasteiger partial charge in [0.15, 0.2) is 11.5 Å². The van der Waals surface area contributed by atoms with Crippen molar-refractivity contribution in [1.82, 2.24) is 10.2 Å². The zero-order valence-corrected chi connectivity index (χ0v) is 17.9. The van der Waals surface area contributed by atoms with Gasteiger partial charge in [-0.25, -0.2) is 4.79 Å². The first kappa shape index (κ1) is 23.7. The van der Waals surface area contributed by atoms with E-state index in [2.05, 4.69) is 10.1 Å². The minimum absolute atomic E-state index is 0.0558. The fourth-order valence-electron chi connectivity index (χ4n) is 3.26. The fourth-order valence-corrected chi connectivity index (χ4v) is 3.26. The topological polar surface area (TPSA) is 77.1 Å². The fraction of sp³-hybridized carbons (Fsp3) is 0.619. The van der Waals surface area contributed by atoms with Gasteiger partial charge in [-0.1, -0.05) is 6.07 Å². The summed E-state index contributed by atoms with van der Waals surface area (Å²) in [6, 6.07) is 4.14. The number of piperidine rings is 1. The van der Waals surface area contributed by atoms with Gasteiger partial charge in [-0.3, -0.25) is 9.69 Å². The Morgan fingerprint density at radius 3 is 2.60 bits per heavy atom. The van der Waals surface area contributed by atoms with E-state index in [9.17, 15) is 18.4 Å². The van der Waals surface area contributed by atoms with E-state index in [0.29, 0.717) is 24.9 Å². The Morgan fingerprint density at radius 1 is 1.23 bits per heavy atom. The third-order valence-corrected chi connectivity index (χ3v) is 4.59. The lowest BCUT2D eigenvalue weighted by Crippen LogP contribution is -2.53. The molecule has 1 aliphatic rings. The van der Waals surface area contributed by atoms with Crippen LogP contribution in [0.2, 0.25) is 0 Å². The first-order chi connectivity index (χ1) is 14.1. The van der Waals surface area contributed by atoms with E-state index in [-0.39, 0.29) is 24.0 Å². The van der Waals surface area contributed by atoms with E-state index >= 15 is 0 Å². The maximum Gasteiger partial charge on any atom is 0.410 e. The maximum atomic E-state index is 12.7. The number of methoxy groups -OCH3 is 1. The number of likely N-dealkylation sites (tertiary alicyclic amines) is 1. The zero-order valence-electron chi connectivity index (χ0n) is 17.9. The molecule has 0 aromatic heterocycles. The van der Waals surface area contributed by atoms with Crippen LogP contribution in [0.3, 0.4) is 0 Å². The van der Waals surface area contributed by atoms with E-state index in [4.69, 9.17) is 9.47 Å². The third-order valence-electron chi connectivity index (χ3n) is 4.59. The van der Waals surface area contributed by atoms with E-state index < -0.39 is 24.3 Å². The number of benzene rings is 1. The Kier molecular flexibility index (Phi) is 8.25. The van der Waals surface area contributed by atoms with Crippen LogP contribution in [0.4, 0.5) is 13.6 Å². The van der Waals surface area contributed by atoms with Crippen LogP contribution in [0.25, 0.3) is 0 Å². The summed E-state index contributed by atoms with van der Waals surface area (Å²) < 4.78 is 40.0. The first-order valence-electron chi connectivity index (χ1n) is 10.00. The third kappa shape index (κ3) is 7.03. The summed E-state index contributed by atoms with van der Waals surface area (Å²) in [5.41, 5.74) is 0.0708. The van der Waals surface area contributed by atoms with Gasteiger partial charge in [0.1, 0.15) is 11.6 Å². The molecule has 1 heterocycles. The van der Waals surface area contributed by atoms with Crippen molar-refractivity contribution < 1.29 is 32.6 Å². The summed E-state index contributed by atoms with van der Waals surface area (Å²) in [5.74, 6) is -0.101. The molecule has 0 radical (unpaired) electrons. The van der Waals surface area contributed by atoms with Gasteiger partial charge >= 0.3 is 12.7 Å². The van der Waals surface area contributed by atoms with E-state index in [1.807, 2.05) is 0 Å². The molecule has 7 nitrogen and oxygen atoms in total. The highest BCUT2D eigenvalue weighted by atomic mass is 19.3. The van der Waals surface area contributed by atoms with Gasteiger partial charge in [0, 0.05) is 13.1 Å². The van der Waals surface area contributed by atoms with Crippen LogP contribution in [0.1, 0.15) is 45.6 Å². The van der Waals surface area contributed by atoms with Crippen molar-refractivity contribution in [1.29, 1.82) is 0 Å². The predicted molar refractivity (Wildman–Crippen MR) is 107 cm³/mol.